The summed E-state index contributed by atoms with van der Waals surface area (Å²) in [6.45, 7) is 6.37. The molecular formula is C12H18F3NO3S. The summed E-state index contributed by atoms with van der Waals surface area (Å²) < 4.78 is 57.5. The first kappa shape index (κ1) is 18.9. The maximum Gasteiger partial charge on any atom is 0.522 e. The summed E-state index contributed by atoms with van der Waals surface area (Å²) >= 11 is 0. The van der Waals surface area contributed by atoms with E-state index in [1.54, 1.807) is 0 Å². The Morgan fingerprint density at radius 1 is 1.15 bits per heavy atom. The topological polar surface area (TPSA) is 80.4 Å². The molecule has 0 aliphatic heterocycles. The molecule has 1 unspecified atom stereocenters. The van der Waals surface area contributed by atoms with E-state index in [0.717, 1.165) is 0 Å². The van der Waals surface area contributed by atoms with Crippen LogP contribution in [-0.4, -0.2) is 18.5 Å². The highest BCUT2D eigenvalue weighted by molar-refractivity contribution is 7.86. The van der Waals surface area contributed by atoms with Crippen molar-refractivity contribution in [2.24, 2.45) is 11.7 Å². The van der Waals surface area contributed by atoms with E-state index < -0.39 is 15.6 Å². The zero-order chi connectivity index (χ0) is 16.2. The van der Waals surface area contributed by atoms with Crippen LogP contribution in [0.4, 0.5) is 13.2 Å². The van der Waals surface area contributed by atoms with Crippen molar-refractivity contribution in [3.8, 4) is 0 Å². The standard InChI is InChI=1S/C11H17N.CHF3O3S/c1-9(2)11(3,12)10-7-5-4-6-8-10;2-1(3,4)8(5,6)7/h4-9H,12H2,1-3H3;(H,5,6,7). The Hall–Kier alpha value is -1.12. The summed E-state index contributed by atoms with van der Waals surface area (Å²) in [5, 5.41) is 0. The van der Waals surface area contributed by atoms with Crippen LogP contribution in [-0.2, 0) is 15.7 Å². The smallest absolute Gasteiger partial charge is 0.321 e. The predicted octanol–water partition coefficient (Wildman–Crippen LogP) is 2.91. The highest BCUT2D eigenvalue weighted by atomic mass is 32.2. The van der Waals surface area contributed by atoms with Gasteiger partial charge in [0.1, 0.15) is 0 Å². The van der Waals surface area contributed by atoms with Gasteiger partial charge in [-0.15, -0.1) is 0 Å². The summed E-state index contributed by atoms with van der Waals surface area (Å²) in [5.74, 6) is 0.458. The van der Waals surface area contributed by atoms with Crippen molar-refractivity contribution in [3.05, 3.63) is 35.9 Å². The summed E-state index contributed by atoms with van der Waals surface area (Å²) in [6, 6.07) is 10.2. The van der Waals surface area contributed by atoms with Crippen molar-refractivity contribution in [2.75, 3.05) is 0 Å². The van der Waals surface area contributed by atoms with Gasteiger partial charge in [0, 0.05) is 5.54 Å². The molecule has 0 saturated carbocycles. The van der Waals surface area contributed by atoms with Gasteiger partial charge in [0.25, 0.3) is 0 Å². The fourth-order valence-corrected chi connectivity index (χ4v) is 1.13. The SMILES string of the molecule is CC(C)C(C)(N)c1ccccc1.O=S(=O)(O)C(F)(F)F. The van der Waals surface area contributed by atoms with Crippen LogP contribution < -0.4 is 5.73 Å². The molecule has 4 nitrogen and oxygen atoms in total. The average molecular weight is 313 g/mol. The van der Waals surface area contributed by atoms with Gasteiger partial charge in [0.2, 0.25) is 0 Å². The fourth-order valence-electron chi connectivity index (χ4n) is 1.13. The molecule has 0 saturated heterocycles. The second kappa shape index (κ2) is 6.55. The molecule has 0 radical (unpaired) electrons. The maximum absolute atomic E-state index is 10.7. The van der Waals surface area contributed by atoms with E-state index in [-0.39, 0.29) is 5.54 Å². The van der Waals surface area contributed by atoms with Gasteiger partial charge in [-0.25, -0.2) is 0 Å². The minimum absolute atomic E-state index is 0.207. The summed E-state index contributed by atoms with van der Waals surface area (Å²) in [6.07, 6.45) is 0. The highest BCUT2D eigenvalue weighted by Gasteiger charge is 2.44. The van der Waals surface area contributed by atoms with Gasteiger partial charge in [-0.05, 0) is 18.4 Å². The Kier molecular flexibility index (Phi) is 6.19. The van der Waals surface area contributed by atoms with Gasteiger partial charge in [-0.1, -0.05) is 44.2 Å². The number of hydrogen-bond acceptors (Lipinski definition) is 3. The molecule has 0 amide bonds. The van der Waals surface area contributed by atoms with Crippen LogP contribution in [0, 0.1) is 5.92 Å². The lowest BCUT2D eigenvalue weighted by molar-refractivity contribution is -0.0510. The molecule has 116 valence electrons. The van der Waals surface area contributed by atoms with Crippen LogP contribution in [0.1, 0.15) is 26.3 Å². The second-order valence-corrected chi connectivity index (χ2v) is 6.14. The van der Waals surface area contributed by atoms with E-state index in [4.69, 9.17) is 18.7 Å². The monoisotopic (exact) mass is 313 g/mol. The van der Waals surface area contributed by atoms with Crippen LogP contribution in [0.2, 0.25) is 0 Å². The zero-order valence-electron chi connectivity index (χ0n) is 11.3. The quantitative estimate of drug-likeness (QED) is 0.650. The number of benzene rings is 1. The second-order valence-electron chi connectivity index (χ2n) is 4.72. The molecule has 0 aliphatic carbocycles. The van der Waals surface area contributed by atoms with Crippen molar-refractivity contribution in [1.82, 2.24) is 0 Å². The molecule has 1 atom stereocenters. The molecular weight excluding hydrogens is 295 g/mol. The van der Waals surface area contributed by atoms with E-state index in [1.807, 2.05) is 18.2 Å². The largest absolute Gasteiger partial charge is 0.522 e. The van der Waals surface area contributed by atoms with Gasteiger partial charge >= 0.3 is 15.6 Å². The van der Waals surface area contributed by atoms with Crippen molar-refractivity contribution in [1.29, 1.82) is 0 Å². The van der Waals surface area contributed by atoms with E-state index >= 15 is 0 Å². The number of halogens is 3. The molecule has 3 N–H and O–H groups in total. The van der Waals surface area contributed by atoms with Crippen molar-refractivity contribution >= 4 is 10.1 Å². The average Bonchev–Trinajstić information content (AvgIpc) is 2.28. The normalized spacial score (nSPS) is 15.2. The Bertz CT molecular complexity index is 510. The Morgan fingerprint density at radius 2 is 1.50 bits per heavy atom. The molecule has 8 heteroatoms. The molecule has 0 heterocycles. The van der Waals surface area contributed by atoms with E-state index in [0.29, 0.717) is 5.92 Å². The van der Waals surface area contributed by atoms with Crippen molar-refractivity contribution < 1.29 is 26.1 Å². The Balaban J connectivity index is 0.000000396. The summed E-state index contributed by atoms with van der Waals surface area (Å²) in [7, 11) is -5.84. The third-order valence-electron chi connectivity index (χ3n) is 2.89. The predicted molar refractivity (Wildman–Crippen MR) is 70.4 cm³/mol. The van der Waals surface area contributed by atoms with Crippen LogP contribution in [0.5, 0.6) is 0 Å². The zero-order valence-corrected chi connectivity index (χ0v) is 12.2. The molecule has 0 aromatic heterocycles. The van der Waals surface area contributed by atoms with Gasteiger partial charge in [0.05, 0.1) is 0 Å². The van der Waals surface area contributed by atoms with Crippen LogP contribution in [0.3, 0.4) is 0 Å². The first-order chi connectivity index (χ1) is 8.80. The minimum Gasteiger partial charge on any atom is -0.321 e. The lowest BCUT2D eigenvalue weighted by Crippen LogP contribution is -2.38. The number of rotatable bonds is 2. The molecule has 0 bridgehead atoms. The van der Waals surface area contributed by atoms with Gasteiger partial charge in [-0.3, -0.25) is 4.55 Å². The van der Waals surface area contributed by atoms with Crippen molar-refractivity contribution in [2.45, 2.75) is 31.8 Å². The molecule has 20 heavy (non-hydrogen) atoms. The molecule has 1 aromatic carbocycles. The Morgan fingerprint density at radius 3 is 1.75 bits per heavy atom. The summed E-state index contributed by atoms with van der Waals surface area (Å²) in [4.78, 5) is 0. The lowest BCUT2D eigenvalue weighted by atomic mass is 9.83. The third kappa shape index (κ3) is 5.48. The van der Waals surface area contributed by atoms with Crippen LogP contribution >= 0.6 is 0 Å². The molecule has 1 rings (SSSR count). The third-order valence-corrected chi connectivity index (χ3v) is 3.47. The van der Waals surface area contributed by atoms with E-state index in [1.165, 1.54) is 5.56 Å². The van der Waals surface area contributed by atoms with E-state index in [2.05, 4.69) is 32.9 Å². The van der Waals surface area contributed by atoms with Gasteiger partial charge in [-0.2, -0.15) is 21.6 Å². The number of alkyl halides is 3. The molecule has 0 spiro atoms. The van der Waals surface area contributed by atoms with Crippen LogP contribution in [0.25, 0.3) is 0 Å². The van der Waals surface area contributed by atoms with E-state index in [9.17, 15) is 13.2 Å². The van der Waals surface area contributed by atoms with Crippen molar-refractivity contribution in [3.63, 3.8) is 0 Å². The number of nitrogens with two attached hydrogens (primary N) is 1. The molecule has 1 aromatic rings. The fraction of sp³-hybridized carbons (Fsp3) is 0.500. The first-order valence-electron chi connectivity index (χ1n) is 5.68. The lowest BCUT2D eigenvalue weighted by Gasteiger charge is -2.29. The Labute approximate surface area is 116 Å². The number of hydrogen-bond donors (Lipinski definition) is 2. The highest BCUT2D eigenvalue weighted by Crippen LogP contribution is 2.25. The first-order valence-corrected chi connectivity index (χ1v) is 7.12. The molecule has 0 aliphatic rings. The summed E-state index contributed by atoms with van der Waals surface area (Å²) in [5.41, 5.74) is 1.65. The minimum atomic E-state index is -5.84. The van der Waals surface area contributed by atoms with Gasteiger partial charge in [0.15, 0.2) is 0 Å². The van der Waals surface area contributed by atoms with Crippen LogP contribution in [0.15, 0.2) is 30.3 Å². The maximum atomic E-state index is 10.7. The van der Waals surface area contributed by atoms with Gasteiger partial charge < -0.3 is 5.73 Å². The molecule has 0 fully saturated rings.